The lowest BCUT2D eigenvalue weighted by atomic mass is 9.90. The monoisotopic (exact) mass is 318 g/mol. The van der Waals surface area contributed by atoms with E-state index in [0.29, 0.717) is 11.1 Å². The van der Waals surface area contributed by atoms with Gasteiger partial charge in [-0.25, -0.2) is 0 Å². The zero-order chi connectivity index (χ0) is 17.4. The van der Waals surface area contributed by atoms with Crippen LogP contribution in [0.15, 0.2) is 48.5 Å². The van der Waals surface area contributed by atoms with Gasteiger partial charge in [-0.3, -0.25) is 0 Å². The lowest BCUT2D eigenvalue weighted by molar-refractivity contribution is 0.463. The summed E-state index contributed by atoms with van der Waals surface area (Å²) in [6.45, 7) is 8.05. The van der Waals surface area contributed by atoms with Crippen LogP contribution in [0.5, 0.6) is 11.5 Å². The van der Waals surface area contributed by atoms with Crippen molar-refractivity contribution >= 4 is 0 Å². The van der Waals surface area contributed by atoms with Gasteiger partial charge in [0.25, 0.3) is 0 Å². The summed E-state index contributed by atoms with van der Waals surface area (Å²) >= 11 is 0. The number of phenols is 2. The lowest BCUT2D eigenvalue weighted by Crippen LogP contribution is -1.92. The van der Waals surface area contributed by atoms with Crippen LogP contribution in [-0.2, 0) is 0 Å². The summed E-state index contributed by atoms with van der Waals surface area (Å²) in [7, 11) is 0. The quantitative estimate of drug-likeness (QED) is 0.598. The van der Waals surface area contributed by atoms with E-state index in [1.807, 2.05) is 64.1 Å². The Morgan fingerprint density at radius 3 is 1.12 bits per heavy atom. The molecule has 24 heavy (non-hydrogen) atoms. The minimum Gasteiger partial charge on any atom is -0.507 e. The van der Waals surface area contributed by atoms with E-state index < -0.39 is 0 Å². The Bertz CT molecular complexity index is 806. The van der Waals surface area contributed by atoms with E-state index in [4.69, 9.17) is 0 Å². The topological polar surface area (TPSA) is 40.5 Å². The van der Waals surface area contributed by atoms with Crippen LogP contribution in [0.25, 0.3) is 22.3 Å². The van der Waals surface area contributed by atoms with Gasteiger partial charge in [0.1, 0.15) is 11.5 Å². The van der Waals surface area contributed by atoms with Gasteiger partial charge in [-0.2, -0.15) is 0 Å². The van der Waals surface area contributed by atoms with E-state index in [2.05, 4.69) is 0 Å². The number of aryl methyl sites for hydroxylation is 4. The number of rotatable bonds is 2. The Labute approximate surface area is 143 Å². The summed E-state index contributed by atoms with van der Waals surface area (Å²) in [4.78, 5) is 0. The van der Waals surface area contributed by atoms with Crippen molar-refractivity contribution in [2.45, 2.75) is 27.7 Å². The van der Waals surface area contributed by atoms with Crippen LogP contribution < -0.4 is 0 Å². The van der Waals surface area contributed by atoms with E-state index >= 15 is 0 Å². The second-order valence-electron chi connectivity index (χ2n) is 6.42. The molecule has 2 nitrogen and oxygen atoms in total. The third-order valence-corrected chi connectivity index (χ3v) is 4.61. The van der Waals surface area contributed by atoms with Crippen molar-refractivity contribution in [3.05, 3.63) is 70.8 Å². The van der Waals surface area contributed by atoms with Crippen molar-refractivity contribution in [2.75, 3.05) is 0 Å². The lowest BCUT2D eigenvalue weighted by Gasteiger charge is -2.16. The first-order chi connectivity index (χ1) is 11.4. The van der Waals surface area contributed by atoms with Crippen LogP contribution in [0, 0.1) is 27.7 Å². The van der Waals surface area contributed by atoms with Crippen molar-refractivity contribution in [2.24, 2.45) is 0 Å². The molecule has 0 radical (unpaired) electrons. The van der Waals surface area contributed by atoms with Gasteiger partial charge in [0, 0.05) is 11.1 Å². The van der Waals surface area contributed by atoms with Crippen LogP contribution in [0.4, 0.5) is 0 Å². The Hall–Kier alpha value is -2.74. The maximum Gasteiger partial charge on any atom is 0.124 e. The maximum atomic E-state index is 10.7. The first-order valence-corrected chi connectivity index (χ1v) is 8.09. The summed E-state index contributed by atoms with van der Waals surface area (Å²) in [6, 6.07) is 15.4. The summed E-state index contributed by atoms with van der Waals surface area (Å²) in [6.07, 6.45) is 0. The van der Waals surface area contributed by atoms with Gasteiger partial charge < -0.3 is 10.2 Å². The molecular formula is C22H22O2. The first kappa shape index (κ1) is 16.1. The van der Waals surface area contributed by atoms with E-state index in [9.17, 15) is 10.2 Å². The standard InChI is InChI=1S/C22H22O2/c1-13-7-5-8-14(2)21(13)17-11-20(24)18(12-19(17)23)22-15(3)9-6-10-16(22)4/h5-12,23-24H,1-4H3. The number of phenolic OH excluding ortho intramolecular Hbond substituents is 2. The molecule has 0 unspecified atom stereocenters. The molecule has 0 heterocycles. The fraction of sp³-hybridized carbons (Fsp3) is 0.182. The van der Waals surface area contributed by atoms with Crippen LogP contribution in [0.1, 0.15) is 22.3 Å². The molecule has 0 aliphatic heterocycles. The largest absolute Gasteiger partial charge is 0.507 e. The molecule has 3 aromatic carbocycles. The molecule has 0 aliphatic rings. The molecule has 0 aliphatic carbocycles. The smallest absolute Gasteiger partial charge is 0.124 e. The third-order valence-electron chi connectivity index (χ3n) is 4.61. The summed E-state index contributed by atoms with van der Waals surface area (Å²) in [5.41, 5.74) is 7.57. The van der Waals surface area contributed by atoms with Crippen molar-refractivity contribution in [1.82, 2.24) is 0 Å². The average Bonchev–Trinajstić information content (AvgIpc) is 2.51. The predicted molar refractivity (Wildman–Crippen MR) is 99.6 cm³/mol. The molecule has 0 amide bonds. The van der Waals surface area contributed by atoms with Gasteiger partial charge in [0.05, 0.1) is 0 Å². The number of benzene rings is 3. The minimum absolute atomic E-state index is 0.183. The molecule has 3 rings (SSSR count). The van der Waals surface area contributed by atoms with Gasteiger partial charge in [0.15, 0.2) is 0 Å². The molecule has 0 saturated heterocycles. The van der Waals surface area contributed by atoms with Gasteiger partial charge in [0.2, 0.25) is 0 Å². The molecule has 0 aromatic heterocycles. The third kappa shape index (κ3) is 2.65. The highest BCUT2D eigenvalue weighted by Gasteiger charge is 2.17. The zero-order valence-electron chi connectivity index (χ0n) is 14.5. The number of hydrogen-bond donors (Lipinski definition) is 2. The Morgan fingerprint density at radius 2 is 0.833 bits per heavy atom. The molecule has 0 fully saturated rings. The van der Waals surface area contributed by atoms with Crippen molar-refractivity contribution in [3.8, 4) is 33.8 Å². The van der Waals surface area contributed by atoms with Crippen LogP contribution in [-0.4, -0.2) is 10.2 Å². The molecule has 3 aromatic rings. The van der Waals surface area contributed by atoms with E-state index in [1.165, 1.54) is 0 Å². The fourth-order valence-electron chi connectivity index (χ4n) is 3.46. The number of aromatic hydroxyl groups is 2. The number of hydrogen-bond acceptors (Lipinski definition) is 2. The van der Waals surface area contributed by atoms with E-state index in [-0.39, 0.29) is 11.5 Å². The zero-order valence-corrected chi connectivity index (χ0v) is 14.5. The van der Waals surface area contributed by atoms with Crippen molar-refractivity contribution in [3.63, 3.8) is 0 Å². The molecule has 0 bridgehead atoms. The Kier molecular flexibility index (Phi) is 4.06. The minimum atomic E-state index is 0.183. The predicted octanol–water partition coefficient (Wildman–Crippen LogP) is 5.67. The second-order valence-corrected chi connectivity index (χ2v) is 6.42. The molecule has 0 saturated carbocycles. The van der Waals surface area contributed by atoms with Crippen LogP contribution in [0.3, 0.4) is 0 Å². The van der Waals surface area contributed by atoms with Crippen LogP contribution in [0.2, 0.25) is 0 Å². The highest BCUT2D eigenvalue weighted by molar-refractivity contribution is 5.84. The highest BCUT2D eigenvalue weighted by atomic mass is 16.3. The van der Waals surface area contributed by atoms with Gasteiger partial charge in [-0.05, 0) is 73.2 Å². The average molecular weight is 318 g/mol. The Morgan fingerprint density at radius 1 is 0.542 bits per heavy atom. The molecule has 122 valence electrons. The van der Waals surface area contributed by atoms with E-state index in [1.54, 1.807) is 12.1 Å². The molecule has 2 N–H and O–H groups in total. The van der Waals surface area contributed by atoms with Crippen molar-refractivity contribution < 1.29 is 10.2 Å². The van der Waals surface area contributed by atoms with Gasteiger partial charge in [-0.15, -0.1) is 0 Å². The van der Waals surface area contributed by atoms with Crippen molar-refractivity contribution in [1.29, 1.82) is 0 Å². The SMILES string of the molecule is Cc1cccc(C)c1-c1cc(O)c(-c2c(C)cccc2C)cc1O. The molecule has 0 spiro atoms. The fourth-order valence-corrected chi connectivity index (χ4v) is 3.46. The summed E-state index contributed by atoms with van der Waals surface area (Å²) in [5, 5.41) is 21.3. The molecule has 2 heteroatoms. The second kappa shape index (κ2) is 6.04. The Balaban J connectivity index is 2.24. The highest BCUT2D eigenvalue weighted by Crippen LogP contribution is 2.43. The first-order valence-electron chi connectivity index (χ1n) is 8.09. The van der Waals surface area contributed by atoms with Gasteiger partial charge >= 0.3 is 0 Å². The van der Waals surface area contributed by atoms with Gasteiger partial charge in [-0.1, -0.05) is 36.4 Å². The summed E-state index contributed by atoms with van der Waals surface area (Å²) in [5.74, 6) is 0.366. The van der Waals surface area contributed by atoms with Crippen LogP contribution >= 0.6 is 0 Å². The van der Waals surface area contributed by atoms with E-state index in [0.717, 1.165) is 33.4 Å². The maximum absolute atomic E-state index is 10.7. The molecule has 0 atom stereocenters. The summed E-state index contributed by atoms with van der Waals surface area (Å²) < 4.78 is 0. The normalized spacial score (nSPS) is 10.8. The molecular weight excluding hydrogens is 296 g/mol.